The first-order valence-corrected chi connectivity index (χ1v) is 9.24. The lowest BCUT2D eigenvalue weighted by atomic mass is 9.97. The third kappa shape index (κ3) is 4.44. The van der Waals surface area contributed by atoms with Crippen LogP contribution in [-0.2, 0) is 11.3 Å². The van der Waals surface area contributed by atoms with Gasteiger partial charge in [0, 0.05) is 18.4 Å². The van der Waals surface area contributed by atoms with E-state index in [4.69, 9.17) is 9.47 Å². The number of anilines is 1. The van der Waals surface area contributed by atoms with Gasteiger partial charge in [-0.2, -0.15) is 5.26 Å². The zero-order valence-electron chi connectivity index (χ0n) is 16.0. The van der Waals surface area contributed by atoms with Crippen molar-refractivity contribution < 1.29 is 14.3 Å². The summed E-state index contributed by atoms with van der Waals surface area (Å²) in [6.07, 6.45) is 2.46. The third-order valence-electron chi connectivity index (χ3n) is 4.73. The van der Waals surface area contributed by atoms with Crippen LogP contribution in [0.3, 0.4) is 0 Å². The summed E-state index contributed by atoms with van der Waals surface area (Å²) < 4.78 is 10.6. The van der Waals surface area contributed by atoms with Gasteiger partial charge < -0.3 is 20.1 Å². The van der Waals surface area contributed by atoms with Gasteiger partial charge in [0.1, 0.15) is 11.6 Å². The second kappa shape index (κ2) is 8.96. The van der Waals surface area contributed by atoms with Crippen LogP contribution in [0.2, 0.25) is 0 Å². The van der Waals surface area contributed by atoms with E-state index in [0.717, 1.165) is 23.2 Å². The maximum atomic E-state index is 12.4. The van der Waals surface area contributed by atoms with Gasteiger partial charge in [0.25, 0.3) is 5.91 Å². The molecule has 1 aliphatic rings. The Labute approximate surface area is 164 Å². The Morgan fingerprint density at radius 2 is 2.04 bits per heavy atom. The maximum absolute atomic E-state index is 12.4. The predicted octanol–water partition coefficient (Wildman–Crippen LogP) is 4.06. The Balaban J connectivity index is 1.65. The summed E-state index contributed by atoms with van der Waals surface area (Å²) in [5, 5.41) is 15.2. The summed E-state index contributed by atoms with van der Waals surface area (Å²) in [6, 6.07) is 15.3. The molecule has 2 aromatic carbocycles. The van der Waals surface area contributed by atoms with Gasteiger partial charge in [0.15, 0.2) is 11.5 Å². The van der Waals surface area contributed by atoms with Crippen molar-refractivity contribution in [3.8, 4) is 17.6 Å². The molecule has 28 heavy (non-hydrogen) atoms. The van der Waals surface area contributed by atoms with Crippen molar-refractivity contribution in [3.63, 3.8) is 0 Å². The minimum absolute atomic E-state index is 0.0136. The zero-order chi connectivity index (χ0) is 19.9. The molecule has 2 aromatic rings. The topological polar surface area (TPSA) is 83.4 Å². The molecule has 1 heterocycles. The fraction of sp³-hybridized carbons (Fsp3) is 0.273. The average Bonchev–Trinajstić information content (AvgIpc) is 3.20. The van der Waals surface area contributed by atoms with Gasteiger partial charge in [-0.15, -0.1) is 0 Å². The van der Waals surface area contributed by atoms with Gasteiger partial charge in [-0.05, 0) is 41.7 Å². The van der Waals surface area contributed by atoms with Gasteiger partial charge >= 0.3 is 0 Å². The highest BCUT2D eigenvalue weighted by molar-refractivity contribution is 5.97. The summed E-state index contributed by atoms with van der Waals surface area (Å²) in [5.41, 5.74) is 2.93. The molecule has 144 valence electrons. The van der Waals surface area contributed by atoms with Gasteiger partial charge in [0.2, 0.25) is 6.79 Å². The molecule has 0 spiro atoms. The van der Waals surface area contributed by atoms with E-state index in [0.29, 0.717) is 17.4 Å². The Bertz CT molecular complexity index is 931. The Morgan fingerprint density at radius 1 is 1.25 bits per heavy atom. The molecule has 6 heteroatoms. The second-order valence-electron chi connectivity index (χ2n) is 6.58. The van der Waals surface area contributed by atoms with Crippen molar-refractivity contribution in [1.82, 2.24) is 5.32 Å². The second-order valence-corrected chi connectivity index (χ2v) is 6.58. The van der Waals surface area contributed by atoms with E-state index < -0.39 is 5.91 Å². The van der Waals surface area contributed by atoms with Crippen LogP contribution in [0.1, 0.15) is 37.3 Å². The molecule has 6 nitrogen and oxygen atoms in total. The Kier molecular flexibility index (Phi) is 6.18. The number of nitrogens with zero attached hydrogens (tertiary/aromatic N) is 1. The van der Waals surface area contributed by atoms with Crippen LogP contribution < -0.4 is 20.1 Å². The van der Waals surface area contributed by atoms with Crippen molar-refractivity contribution >= 4 is 11.6 Å². The zero-order valence-corrected chi connectivity index (χ0v) is 16.0. The average molecular weight is 377 g/mol. The van der Waals surface area contributed by atoms with E-state index >= 15 is 0 Å². The van der Waals surface area contributed by atoms with Gasteiger partial charge in [-0.25, -0.2) is 0 Å². The number of ether oxygens (including phenoxy) is 2. The first-order valence-electron chi connectivity index (χ1n) is 9.24. The number of hydrogen-bond acceptors (Lipinski definition) is 5. The van der Waals surface area contributed by atoms with E-state index in [1.807, 2.05) is 36.4 Å². The lowest BCUT2D eigenvalue weighted by Gasteiger charge is -2.14. The predicted molar refractivity (Wildman–Crippen MR) is 107 cm³/mol. The molecular weight excluding hydrogens is 354 g/mol. The number of carbonyl (C=O) groups is 1. The lowest BCUT2D eigenvalue weighted by molar-refractivity contribution is -0.117. The first kappa shape index (κ1) is 19.3. The molecular formula is C22H23N3O3. The van der Waals surface area contributed by atoms with Crippen molar-refractivity contribution in [2.45, 2.75) is 32.7 Å². The Morgan fingerprint density at radius 3 is 2.82 bits per heavy atom. The van der Waals surface area contributed by atoms with Crippen molar-refractivity contribution in [2.24, 2.45) is 0 Å². The normalized spacial score (nSPS) is 13.5. The van der Waals surface area contributed by atoms with Crippen molar-refractivity contribution in [1.29, 1.82) is 5.26 Å². The van der Waals surface area contributed by atoms with E-state index in [1.165, 1.54) is 6.20 Å². The summed E-state index contributed by atoms with van der Waals surface area (Å²) in [4.78, 5) is 12.4. The fourth-order valence-electron chi connectivity index (χ4n) is 2.91. The maximum Gasteiger partial charge on any atom is 0.263 e. The molecule has 0 fully saturated rings. The van der Waals surface area contributed by atoms with E-state index in [1.54, 1.807) is 6.07 Å². The number of nitrogens with one attached hydrogen (secondary N) is 2. The van der Waals surface area contributed by atoms with Crippen molar-refractivity contribution in [3.05, 3.63) is 65.4 Å². The number of rotatable bonds is 7. The molecule has 1 unspecified atom stereocenters. The number of nitriles is 1. The van der Waals surface area contributed by atoms with Crippen LogP contribution in [-0.4, -0.2) is 12.7 Å². The van der Waals surface area contributed by atoms with E-state index in [2.05, 4.69) is 30.5 Å². The molecule has 0 saturated carbocycles. The fourth-order valence-corrected chi connectivity index (χ4v) is 2.91. The molecule has 0 aromatic heterocycles. The largest absolute Gasteiger partial charge is 0.454 e. The molecule has 2 N–H and O–H groups in total. The number of benzene rings is 2. The van der Waals surface area contributed by atoms with Gasteiger partial charge in [0.05, 0.1) is 0 Å². The molecule has 0 radical (unpaired) electrons. The summed E-state index contributed by atoms with van der Waals surface area (Å²) in [5.74, 6) is 1.29. The van der Waals surface area contributed by atoms with Crippen LogP contribution in [0, 0.1) is 11.3 Å². The molecule has 1 amide bonds. The van der Waals surface area contributed by atoms with E-state index in [-0.39, 0.29) is 18.9 Å². The lowest BCUT2D eigenvalue weighted by Crippen LogP contribution is -2.24. The van der Waals surface area contributed by atoms with Crippen LogP contribution in [0.5, 0.6) is 11.5 Å². The monoisotopic (exact) mass is 377 g/mol. The molecule has 0 saturated heterocycles. The quantitative estimate of drug-likeness (QED) is 0.561. The first-order chi connectivity index (χ1) is 13.6. The highest BCUT2D eigenvalue weighted by Gasteiger charge is 2.14. The third-order valence-corrected chi connectivity index (χ3v) is 4.73. The summed E-state index contributed by atoms with van der Waals surface area (Å²) >= 11 is 0. The number of hydrogen-bond donors (Lipinski definition) is 2. The minimum atomic E-state index is -0.436. The standard InChI is InChI=1S/C22H23N3O3/c1-3-15(2)18-6-4-5-7-19(18)24-13-17(11-23)22(26)25-12-16-8-9-20-21(10-16)28-14-27-20/h4-10,13,15,24H,3,12,14H2,1-2H3,(H,25,26)/b17-13-. The Hall–Kier alpha value is -3.46. The molecule has 1 atom stereocenters. The SMILES string of the molecule is CCC(C)c1ccccc1N/C=C(/C#N)C(=O)NCc1ccc2c(c1)OCO2. The van der Waals surface area contributed by atoms with Crippen molar-refractivity contribution in [2.75, 3.05) is 12.1 Å². The molecule has 0 bridgehead atoms. The van der Waals surface area contributed by atoms with Gasteiger partial charge in [-0.3, -0.25) is 4.79 Å². The number of amides is 1. The highest BCUT2D eigenvalue weighted by atomic mass is 16.7. The molecule has 0 aliphatic carbocycles. The minimum Gasteiger partial charge on any atom is -0.454 e. The van der Waals surface area contributed by atoms with Crippen LogP contribution in [0.4, 0.5) is 5.69 Å². The van der Waals surface area contributed by atoms with Crippen LogP contribution in [0.25, 0.3) is 0 Å². The number of para-hydroxylation sites is 1. The highest BCUT2D eigenvalue weighted by Crippen LogP contribution is 2.32. The summed E-state index contributed by atoms with van der Waals surface area (Å²) in [7, 11) is 0. The van der Waals surface area contributed by atoms with Gasteiger partial charge in [-0.1, -0.05) is 38.1 Å². The molecule has 1 aliphatic heterocycles. The smallest absolute Gasteiger partial charge is 0.263 e. The van der Waals surface area contributed by atoms with E-state index in [9.17, 15) is 10.1 Å². The summed E-state index contributed by atoms with van der Waals surface area (Å²) in [6.45, 7) is 4.77. The number of fused-ring (bicyclic) bond motifs is 1. The number of carbonyl (C=O) groups excluding carboxylic acids is 1. The molecule has 3 rings (SSSR count). The van der Waals surface area contributed by atoms with Crippen LogP contribution >= 0.6 is 0 Å². The van der Waals surface area contributed by atoms with Crippen LogP contribution in [0.15, 0.2) is 54.2 Å².